The Kier molecular flexibility index (Phi) is 6.17. The highest BCUT2D eigenvalue weighted by atomic mass is 16.3. The van der Waals surface area contributed by atoms with Gasteiger partial charge in [-0.15, -0.1) is 0 Å². The number of benzene rings is 1. The Bertz CT molecular complexity index is 945. The fourth-order valence-electron chi connectivity index (χ4n) is 3.79. The van der Waals surface area contributed by atoms with Crippen LogP contribution in [0, 0.1) is 5.41 Å². The van der Waals surface area contributed by atoms with Gasteiger partial charge in [0.05, 0.1) is 11.3 Å². The molecule has 2 aromatic rings. The molecule has 8 nitrogen and oxygen atoms in total. The van der Waals surface area contributed by atoms with E-state index < -0.39 is 11.5 Å². The summed E-state index contributed by atoms with van der Waals surface area (Å²) < 4.78 is 2.01. The molecular formula is C22H31N5O3. The van der Waals surface area contributed by atoms with Gasteiger partial charge < -0.3 is 25.2 Å². The van der Waals surface area contributed by atoms with E-state index in [2.05, 4.69) is 20.5 Å². The number of phenols is 1. The quantitative estimate of drug-likeness (QED) is 0.712. The summed E-state index contributed by atoms with van der Waals surface area (Å²) in [4.78, 5) is 32.5. The van der Waals surface area contributed by atoms with Crippen molar-refractivity contribution >= 4 is 11.8 Å². The summed E-state index contributed by atoms with van der Waals surface area (Å²) in [6.07, 6.45) is 0.907. The van der Waals surface area contributed by atoms with E-state index in [-0.39, 0.29) is 17.6 Å². The highest BCUT2D eigenvalue weighted by Crippen LogP contribution is 2.32. The number of aromatic nitrogens is 2. The normalized spacial score (nSPS) is 15.8. The van der Waals surface area contributed by atoms with Crippen LogP contribution in [0.25, 0.3) is 11.4 Å². The SMILES string of the molecule is CNC(=O)[C@@H](NC(=O)c1nc(-c2ccccc2O)n2c1CN(C)CCC2)C(C)(C)C. The van der Waals surface area contributed by atoms with Crippen LogP contribution in [0.15, 0.2) is 24.3 Å². The number of carbonyl (C=O) groups is 2. The second-order valence-corrected chi connectivity index (χ2v) is 8.88. The number of likely N-dealkylation sites (N-methyl/N-ethyl adjacent to an activating group) is 1. The first-order valence-corrected chi connectivity index (χ1v) is 10.2. The van der Waals surface area contributed by atoms with Crippen molar-refractivity contribution in [1.29, 1.82) is 0 Å². The second kappa shape index (κ2) is 8.47. The Morgan fingerprint density at radius 2 is 1.90 bits per heavy atom. The van der Waals surface area contributed by atoms with Crippen LogP contribution in [-0.4, -0.2) is 58.1 Å². The van der Waals surface area contributed by atoms with E-state index in [0.29, 0.717) is 30.2 Å². The molecule has 0 radical (unpaired) electrons. The van der Waals surface area contributed by atoms with E-state index in [1.807, 2.05) is 38.5 Å². The van der Waals surface area contributed by atoms with Crippen LogP contribution in [0.2, 0.25) is 0 Å². The summed E-state index contributed by atoms with van der Waals surface area (Å²) >= 11 is 0. The summed E-state index contributed by atoms with van der Waals surface area (Å²) in [5.74, 6) is 0.0435. The Balaban J connectivity index is 2.07. The average molecular weight is 414 g/mol. The van der Waals surface area contributed by atoms with Crippen molar-refractivity contribution in [3.05, 3.63) is 35.7 Å². The monoisotopic (exact) mass is 413 g/mol. The molecule has 0 spiro atoms. The van der Waals surface area contributed by atoms with Gasteiger partial charge in [0, 0.05) is 20.1 Å². The molecule has 0 fully saturated rings. The van der Waals surface area contributed by atoms with Gasteiger partial charge in [-0.25, -0.2) is 4.98 Å². The van der Waals surface area contributed by atoms with Gasteiger partial charge in [0.15, 0.2) is 5.69 Å². The lowest BCUT2D eigenvalue weighted by molar-refractivity contribution is -0.124. The van der Waals surface area contributed by atoms with E-state index in [9.17, 15) is 14.7 Å². The third-order valence-electron chi connectivity index (χ3n) is 5.42. The molecule has 0 aliphatic carbocycles. The molecule has 1 atom stereocenters. The number of rotatable bonds is 4. The maximum atomic E-state index is 13.3. The van der Waals surface area contributed by atoms with E-state index in [1.165, 1.54) is 0 Å². The van der Waals surface area contributed by atoms with Crippen molar-refractivity contribution in [2.75, 3.05) is 20.6 Å². The largest absolute Gasteiger partial charge is 0.507 e. The smallest absolute Gasteiger partial charge is 0.272 e. The van der Waals surface area contributed by atoms with Crippen LogP contribution in [0.3, 0.4) is 0 Å². The highest BCUT2D eigenvalue weighted by molar-refractivity contribution is 5.98. The van der Waals surface area contributed by atoms with Gasteiger partial charge in [-0.3, -0.25) is 9.59 Å². The molecule has 0 bridgehead atoms. The number of nitrogens with one attached hydrogen (secondary N) is 2. The Labute approximate surface area is 177 Å². The molecule has 2 amide bonds. The summed E-state index contributed by atoms with van der Waals surface area (Å²) in [5, 5.41) is 15.9. The molecule has 8 heteroatoms. The maximum Gasteiger partial charge on any atom is 0.272 e. The molecule has 0 saturated heterocycles. The minimum Gasteiger partial charge on any atom is -0.507 e. The van der Waals surface area contributed by atoms with Gasteiger partial charge in [-0.05, 0) is 37.6 Å². The number of hydrogen-bond donors (Lipinski definition) is 3. The van der Waals surface area contributed by atoms with Gasteiger partial charge in [0.2, 0.25) is 5.91 Å². The lowest BCUT2D eigenvalue weighted by atomic mass is 9.86. The van der Waals surface area contributed by atoms with Crippen molar-refractivity contribution < 1.29 is 14.7 Å². The molecule has 2 heterocycles. The lowest BCUT2D eigenvalue weighted by Gasteiger charge is -2.29. The van der Waals surface area contributed by atoms with Crippen molar-refractivity contribution in [2.24, 2.45) is 5.41 Å². The zero-order chi connectivity index (χ0) is 22.1. The zero-order valence-electron chi connectivity index (χ0n) is 18.3. The average Bonchev–Trinajstić information content (AvgIpc) is 2.91. The fraction of sp³-hybridized carbons (Fsp3) is 0.500. The number of para-hydroxylation sites is 1. The van der Waals surface area contributed by atoms with E-state index in [0.717, 1.165) is 18.7 Å². The standard InChI is InChI=1S/C22H31N5O3/c1-22(2,3)18(21(30)23-4)25-20(29)17-15-13-26(5)11-8-12-27(15)19(24-17)14-9-6-7-10-16(14)28/h6-7,9-10,18,28H,8,11-13H2,1-5H3,(H,23,30)(H,25,29)/t18-/m1/s1. The van der Waals surface area contributed by atoms with E-state index >= 15 is 0 Å². The predicted octanol–water partition coefficient (Wildman–Crippen LogP) is 1.98. The topological polar surface area (TPSA) is 99.5 Å². The molecule has 1 aromatic carbocycles. The zero-order valence-corrected chi connectivity index (χ0v) is 18.3. The second-order valence-electron chi connectivity index (χ2n) is 8.88. The third kappa shape index (κ3) is 4.33. The fourth-order valence-corrected chi connectivity index (χ4v) is 3.79. The van der Waals surface area contributed by atoms with Gasteiger partial charge >= 0.3 is 0 Å². The van der Waals surface area contributed by atoms with Gasteiger partial charge in [-0.2, -0.15) is 0 Å². The minimum absolute atomic E-state index is 0.118. The number of nitrogens with zero attached hydrogens (tertiary/aromatic N) is 3. The summed E-state index contributed by atoms with van der Waals surface area (Å²) in [6, 6.07) is 6.29. The lowest BCUT2D eigenvalue weighted by Crippen LogP contribution is -2.53. The van der Waals surface area contributed by atoms with E-state index in [4.69, 9.17) is 0 Å². The minimum atomic E-state index is -0.704. The molecule has 1 aromatic heterocycles. The van der Waals surface area contributed by atoms with Crippen LogP contribution >= 0.6 is 0 Å². The summed E-state index contributed by atoms with van der Waals surface area (Å²) in [5.41, 5.74) is 1.19. The number of fused-ring (bicyclic) bond motifs is 1. The molecule has 162 valence electrons. The van der Waals surface area contributed by atoms with Crippen LogP contribution in [0.1, 0.15) is 43.4 Å². The highest BCUT2D eigenvalue weighted by Gasteiger charge is 2.34. The van der Waals surface area contributed by atoms with Crippen LogP contribution in [0.5, 0.6) is 5.75 Å². The maximum absolute atomic E-state index is 13.3. The molecule has 30 heavy (non-hydrogen) atoms. The number of imidazole rings is 1. The van der Waals surface area contributed by atoms with E-state index in [1.54, 1.807) is 25.2 Å². The molecule has 3 N–H and O–H groups in total. The van der Waals surface area contributed by atoms with Crippen LogP contribution < -0.4 is 10.6 Å². The molecular weight excluding hydrogens is 382 g/mol. The first kappa shape index (κ1) is 21.8. The first-order valence-electron chi connectivity index (χ1n) is 10.2. The third-order valence-corrected chi connectivity index (χ3v) is 5.42. The Morgan fingerprint density at radius 1 is 1.20 bits per heavy atom. The Morgan fingerprint density at radius 3 is 2.53 bits per heavy atom. The van der Waals surface area contributed by atoms with Gasteiger partial charge in [-0.1, -0.05) is 32.9 Å². The number of aromatic hydroxyl groups is 1. The summed E-state index contributed by atoms with van der Waals surface area (Å²) in [7, 11) is 3.56. The molecule has 1 aliphatic heterocycles. The van der Waals surface area contributed by atoms with Crippen molar-refractivity contribution in [1.82, 2.24) is 25.1 Å². The number of phenolic OH excluding ortho intramolecular Hbond substituents is 1. The summed E-state index contributed by atoms with van der Waals surface area (Å²) in [6.45, 7) is 7.86. The number of amides is 2. The molecule has 0 unspecified atom stereocenters. The Hall–Kier alpha value is -2.87. The molecule has 3 rings (SSSR count). The van der Waals surface area contributed by atoms with Crippen LogP contribution in [0.4, 0.5) is 0 Å². The molecule has 1 aliphatic rings. The van der Waals surface area contributed by atoms with Gasteiger partial charge in [0.1, 0.15) is 17.6 Å². The first-order chi connectivity index (χ1) is 14.1. The van der Waals surface area contributed by atoms with Crippen molar-refractivity contribution in [3.63, 3.8) is 0 Å². The predicted molar refractivity (Wildman–Crippen MR) is 115 cm³/mol. The number of hydrogen-bond acceptors (Lipinski definition) is 5. The van der Waals surface area contributed by atoms with Crippen LogP contribution in [-0.2, 0) is 17.9 Å². The van der Waals surface area contributed by atoms with Crippen molar-refractivity contribution in [3.8, 4) is 17.1 Å². The molecule has 0 saturated carbocycles. The number of carbonyl (C=O) groups excluding carboxylic acids is 2. The van der Waals surface area contributed by atoms with Gasteiger partial charge in [0.25, 0.3) is 5.91 Å². The van der Waals surface area contributed by atoms with Crippen molar-refractivity contribution in [2.45, 2.75) is 46.3 Å².